The maximum atomic E-state index is 6.09. The van der Waals surface area contributed by atoms with Crippen LogP contribution in [0.2, 0.25) is 0 Å². The van der Waals surface area contributed by atoms with E-state index in [0.29, 0.717) is 5.88 Å². The Hall–Kier alpha value is -1.50. The molecule has 2 fully saturated rings. The van der Waals surface area contributed by atoms with E-state index in [0.717, 1.165) is 44.8 Å². The third-order valence-electron chi connectivity index (χ3n) is 4.61. The van der Waals surface area contributed by atoms with Gasteiger partial charge >= 0.3 is 0 Å². The predicted molar refractivity (Wildman–Crippen MR) is 88.7 cm³/mol. The van der Waals surface area contributed by atoms with Gasteiger partial charge in [0.1, 0.15) is 6.10 Å². The van der Waals surface area contributed by atoms with Crippen LogP contribution in [0.3, 0.4) is 0 Å². The zero-order valence-corrected chi connectivity index (χ0v) is 14.1. The van der Waals surface area contributed by atoms with Crippen LogP contribution in [0.1, 0.15) is 23.4 Å². The summed E-state index contributed by atoms with van der Waals surface area (Å²) in [5.74, 6) is 0.714. The summed E-state index contributed by atoms with van der Waals surface area (Å²) in [5, 5.41) is 0. The molecule has 2 aromatic rings. The molecule has 2 saturated heterocycles. The first kappa shape index (κ1) is 15.1. The molecular weight excluding hydrogens is 310 g/mol. The van der Waals surface area contributed by atoms with Gasteiger partial charge in [0.05, 0.1) is 23.4 Å². The lowest BCUT2D eigenvalue weighted by Gasteiger charge is -2.53. The van der Waals surface area contributed by atoms with Gasteiger partial charge in [-0.1, -0.05) is 6.07 Å². The minimum Gasteiger partial charge on any atom is -0.474 e. The molecule has 23 heavy (non-hydrogen) atoms. The fourth-order valence-electron chi connectivity index (χ4n) is 3.45. The zero-order chi connectivity index (χ0) is 15.7. The average Bonchev–Trinajstić information content (AvgIpc) is 2.92. The molecule has 0 saturated carbocycles. The van der Waals surface area contributed by atoms with Crippen molar-refractivity contribution in [3.8, 4) is 5.88 Å². The van der Waals surface area contributed by atoms with Gasteiger partial charge in [-0.2, -0.15) is 0 Å². The topological polar surface area (TPSA) is 47.5 Å². The fraction of sp³-hybridized carbons (Fsp3) is 0.529. The van der Waals surface area contributed by atoms with Gasteiger partial charge in [-0.25, -0.2) is 9.97 Å². The monoisotopic (exact) mass is 331 g/mol. The summed E-state index contributed by atoms with van der Waals surface area (Å²) in [6.45, 7) is 5.78. The number of likely N-dealkylation sites (tertiary alicyclic amines) is 1. The van der Waals surface area contributed by atoms with Crippen molar-refractivity contribution in [2.24, 2.45) is 0 Å². The molecule has 0 unspecified atom stereocenters. The van der Waals surface area contributed by atoms with Crippen LogP contribution >= 0.6 is 11.3 Å². The number of ether oxygens (including phenoxy) is 2. The second-order valence-electron chi connectivity index (χ2n) is 6.44. The summed E-state index contributed by atoms with van der Waals surface area (Å²) < 4.78 is 12.1. The van der Waals surface area contributed by atoms with Crippen LogP contribution in [0.5, 0.6) is 5.88 Å². The van der Waals surface area contributed by atoms with E-state index in [2.05, 4.69) is 21.8 Å². The number of nitrogens with zero attached hydrogens (tertiary/aromatic N) is 3. The molecule has 2 aliphatic heterocycles. The lowest BCUT2D eigenvalue weighted by atomic mass is 9.84. The summed E-state index contributed by atoms with van der Waals surface area (Å²) >= 11 is 1.74. The van der Waals surface area contributed by atoms with E-state index >= 15 is 0 Å². The highest BCUT2D eigenvalue weighted by Gasteiger charge is 2.48. The standard InChI is InChI=1S/C17H21N3O2S/c1-13-15(23-12-19-13)9-20-10-17(11-20)8-14(5-7-21-17)22-16-4-2-3-6-18-16/h2-4,6,12,14H,5,7-11H2,1H3/t14-/m0/s1. The minimum absolute atomic E-state index is 0.0315. The van der Waals surface area contributed by atoms with Gasteiger partial charge in [0.2, 0.25) is 5.88 Å². The lowest BCUT2D eigenvalue weighted by molar-refractivity contribution is -0.188. The minimum atomic E-state index is -0.0315. The Morgan fingerprint density at radius 2 is 2.30 bits per heavy atom. The highest BCUT2D eigenvalue weighted by Crippen LogP contribution is 2.36. The molecule has 0 aromatic carbocycles. The third kappa shape index (κ3) is 3.24. The molecule has 4 rings (SSSR count). The van der Waals surface area contributed by atoms with E-state index in [4.69, 9.17) is 9.47 Å². The summed E-state index contributed by atoms with van der Waals surface area (Å²) in [5.41, 5.74) is 3.04. The Balaban J connectivity index is 1.33. The zero-order valence-electron chi connectivity index (χ0n) is 13.3. The van der Waals surface area contributed by atoms with Crippen LogP contribution in [-0.2, 0) is 11.3 Å². The van der Waals surface area contributed by atoms with E-state index in [1.54, 1.807) is 17.5 Å². The maximum absolute atomic E-state index is 6.09. The van der Waals surface area contributed by atoms with Crippen LogP contribution in [-0.4, -0.2) is 46.3 Å². The van der Waals surface area contributed by atoms with Crippen LogP contribution < -0.4 is 4.74 Å². The fourth-order valence-corrected chi connectivity index (χ4v) is 4.27. The van der Waals surface area contributed by atoms with Gasteiger partial charge < -0.3 is 9.47 Å². The lowest BCUT2D eigenvalue weighted by Crippen LogP contribution is -2.65. The molecular formula is C17H21N3O2S. The SMILES string of the molecule is Cc1ncsc1CN1CC2(C[C@@H](Oc3ccccn3)CCO2)C1. The Morgan fingerprint density at radius 1 is 1.39 bits per heavy atom. The van der Waals surface area contributed by atoms with Gasteiger partial charge in [-0.15, -0.1) is 11.3 Å². The van der Waals surface area contributed by atoms with Crippen LogP contribution in [0.4, 0.5) is 0 Å². The molecule has 122 valence electrons. The van der Waals surface area contributed by atoms with Crippen molar-refractivity contribution >= 4 is 11.3 Å². The number of pyridine rings is 1. The van der Waals surface area contributed by atoms with Gasteiger partial charge in [0.15, 0.2) is 0 Å². The molecule has 4 heterocycles. The summed E-state index contributed by atoms with van der Waals surface area (Å²) in [6, 6.07) is 5.78. The van der Waals surface area contributed by atoms with Crippen LogP contribution in [0.15, 0.2) is 29.9 Å². The van der Waals surface area contributed by atoms with E-state index in [1.165, 1.54) is 4.88 Å². The smallest absolute Gasteiger partial charge is 0.213 e. The Morgan fingerprint density at radius 3 is 3.04 bits per heavy atom. The molecule has 2 aromatic heterocycles. The summed E-state index contributed by atoms with van der Waals surface area (Å²) in [4.78, 5) is 12.4. The summed E-state index contributed by atoms with van der Waals surface area (Å²) in [6.07, 6.45) is 3.85. The number of aromatic nitrogens is 2. The van der Waals surface area contributed by atoms with E-state index in [9.17, 15) is 0 Å². The largest absolute Gasteiger partial charge is 0.474 e. The van der Waals surface area contributed by atoms with E-state index < -0.39 is 0 Å². The van der Waals surface area contributed by atoms with Crippen LogP contribution in [0.25, 0.3) is 0 Å². The number of hydrogen-bond acceptors (Lipinski definition) is 6. The van der Waals surface area contributed by atoms with Crippen molar-refractivity contribution in [1.82, 2.24) is 14.9 Å². The Labute approximate surface area is 140 Å². The molecule has 0 amide bonds. The first-order chi connectivity index (χ1) is 11.2. The van der Waals surface area contributed by atoms with Crippen molar-refractivity contribution in [1.29, 1.82) is 0 Å². The molecule has 6 heteroatoms. The molecule has 0 radical (unpaired) electrons. The first-order valence-electron chi connectivity index (χ1n) is 8.05. The highest BCUT2D eigenvalue weighted by molar-refractivity contribution is 7.09. The normalized spacial score (nSPS) is 23.6. The molecule has 5 nitrogen and oxygen atoms in total. The van der Waals surface area contributed by atoms with Crippen molar-refractivity contribution in [3.63, 3.8) is 0 Å². The first-order valence-corrected chi connectivity index (χ1v) is 8.93. The van der Waals surface area contributed by atoms with E-state index in [1.807, 2.05) is 23.7 Å². The van der Waals surface area contributed by atoms with Crippen LogP contribution in [0, 0.1) is 6.92 Å². The van der Waals surface area contributed by atoms with Gasteiger partial charge in [-0.05, 0) is 13.0 Å². The summed E-state index contributed by atoms with van der Waals surface area (Å²) in [7, 11) is 0. The number of thiazole rings is 1. The molecule has 0 N–H and O–H groups in total. The van der Waals surface area contributed by atoms with Gasteiger partial charge in [0, 0.05) is 49.6 Å². The number of hydrogen-bond donors (Lipinski definition) is 0. The molecule has 0 aliphatic carbocycles. The second-order valence-corrected chi connectivity index (χ2v) is 7.38. The van der Waals surface area contributed by atoms with Gasteiger partial charge in [-0.3, -0.25) is 4.90 Å². The van der Waals surface area contributed by atoms with Crippen molar-refractivity contribution in [3.05, 3.63) is 40.5 Å². The average molecular weight is 331 g/mol. The van der Waals surface area contributed by atoms with Gasteiger partial charge in [0.25, 0.3) is 0 Å². The van der Waals surface area contributed by atoms with E-state index in [-0.39, 0.29) is 11.7 Å². The number of rotatable bonds is 4. The highest BCUT2D eigenvalue weighted by atomic mass is 32.1. The Bertz CT molecular complexity index is 655. The predicted octanol–water partition coefficient (Wildman–Crippen LogP) is 2.66. The molecule has 2 aliphatic rings. The second kappa shape index (κ2) is 6.19. The quantitative estimate of drug-likeness (QED) is 0.862. The molecule has 0 bridgehead atoms. The third-order valence-corrected chi connectivity index (χ3v) is 5.53. The van der Waals surface area contributed by atoms with Crippen molar-refractivity contribution in [2.75, 3.05) is 19.7 Å². The Kier molecular flexibility index (Phi) is 4.05. The number of aryl methyl sites for hydroxylation is 1. The van der Waals surface area contributed by atoms with Crippen molar-refractivity contribution in [2.45, 2.75) is 38.0 Å². The maximum Gasteiger partial charge on any atom is 0.213 e. The van der Waals surface area contributed by atoms with Crippen molar-refractivity contribution < 1.29 is 9.47 Å². The molecule has 1 atom stereocenters. The molecule has 1 spiro atoms.